The van der Waals surface area contributed by atoms with Crippen LogP contribution in [-0.2, 0) is 32.1 Å². The number of hydrogen-bond acceptors (Lipinski definition) is 6. The number of anilines is 1. The van der Waals surface area contributed by atoms with Gasteiger partial charge in [-0.2, -0.15) is 0 Å². The summed E-state index contributed by atoms with van der Waals surface area (Å²) in [6, 6.07) is 14.4. The zero-order valence-electron chi connectivity index (χ0n) is 22.7. The van der Waals surface area contributed by atoms with Crippen molar-refractivity contribution in [3.05, 3.63) is 84.4 Å². The van der Waals surface area contributed by atoms with E-state index in [1.165, 1.54) is 18.2 Å². The Morgan fingerprint density at radius 3 is 2.12 bits per heavy atom. The SMILES string of the molecule is CC(C)C[C@H](NC(=O)[C@H](Cc1c[nH]cn1)NC(=O)[C@H](C)N(C(=O)OCc1ccccc1)c1ccccc1)C(=O)O. The number of aliphatic carboxylic acids is 1. The molecule has 3 aromatic rings. The number of aromatic nitrogens is 2. The van der Waals surface area contributed by atoms with E-state index in [4.69, 9.17) is 4.74 Å². The molecule has 40 heavy (non-hydrogen) atoms. The first-order valence-electron chi connectivity index (χ1n) is 13.0. The Bertz CT molecular complexity index is 1250. The summed E-state index contributed by atoms with van der Waals surface area (Å²) < 4.78 is 5.52. The number of nitrogens with zero attached hydrogens (tertiary/aromatic N) is 2. The highest BCUT2D eigenvalue weighted by Gasteiger charge is 2.33. The molecule has 4 N–H and O–H groups in total. The van der Waals surface area contributed by atoms with Gasteiger partial charge in [-0.25, -0.2) is 14.6 Å². The number of carbonyl (C=O) groups excluding carboxylic acids is 3. The molecule has 3 amide bonds. The lowest BCUT2D eigenvalue weighted by Crippen LogP contribution is -2.56. The number of ether oxygens (including phenoxy) is 1. The molecule has 1 aromatic heterocycles. The van der Waals surface area contributed by atoms with Crippen LogP contribution >= 0.6 is 0 Å². The molecule has 0 spiro atoms. The first-order chi connectivity index (χ1) is 19.2. The van der Waals surface area contributed by atoms with Crippen molar-refractivity contribution in [1.82, 2.24) is 20.6 Å². The van der Waals surface area contributed by atoms with E-state index in [9.17, 15) is 24.3 Å². The van der Waals surface area contributed by atoms with Crippen LogP contribution in [0.2, 0.25) is 0 Å². The van der Waals surface area contributed by atoms with Crippen molar-refractivity contribution in [3.63, 3.8) is 0 Å². The molecule has 212 valence electrons. The van der Waals surface area contributed by atoms with Crippen LogP contribution in [0.1, 0.15) is 38.4 Å². The molecule has 0 unspecified atom stereocenters. The maximum Gasteiger partial charge on any atom is 0.415 e. The second-order valence-corrected chi connectivity index (χ2v) is 9.78. The summed E-state index contributed by atoms with van der Waals surface area (Å²) in [7, 11) is 0. The van der Waals surface area contributed by atoms with E-state index >= 15 is 0 Å². The van der Waals surface area contributed by atoms with Crippen LogP contribution in [0.3, 0.4) is 0 Å². The molecule has 0 aliphatic carbocycles. The topological polar surface area (TPSA) is 154 Å². The first-order valence-corrected chi connectivity index (χ1v) is 13.0. The van der Waals surface area contributed by atoms with E-state index in [0.29, 0.717) is 11.4 Å². The summed E-state index contributed by atoms with van der Waals surface area (Å²) in [6.07, 6.45) is 2.50. The van der Waals surface area contributed by atoms with E-state index < -0.39 is 42.0 Å². The molecule has 0 aliphatic heterocycles. The highest BCUT2D eigenvalue weighted by atomic mass is 16.6. The number of benzene rings is 2. The summed E-state index contributed by atoms with van der Waals surface area (Å²) in [6.45, 7) is 5.23. The number of carbonyl (C=O) groups is 4. The molecule has 0 bridgehead atoms. The number of amides is 3. The minimum Gasteiger partial charge on any atom is -0.480 e. The van der Waals surface area contributed by atoms with Crippen LogP contribution in [0, 0.1) is 5.92 Å². The number of imidazole rings is 1. The van der Waals surface area contributed by atoms with Crippen LogP contribution in [0.5, 0.6) is 0 Å². The lowest BCUT2D eigenvalue weighted by Gasteiger charge is -2.29. The summed E-state index contributed by atoms with van der Waals surface area (Å²) in [5.74, 6) is -2.46. The second-order valence-electron chi connectivity index (χ2n) is 9.78. The monoisotopic (exact) mass is 549 g/mol. The van der Waals surface area contributed by atoms with Crippen molar-refractivity contribution in [3.8, 4) is 0 Å². The van der Waals surface area contributed by atoms with Crippen LogP contribution in [0.15, 0.2) is 73.2 Å². The normalized spacial score (nSPS) is 13.1. The van der Waals surface area contributed by atoms with Crippen molar-refractivity contribution in [2.45, 2.75) is 58.3 Å². The predicted octanol–water partition coefficient (Wildman–Crippen LogP) is 3.28. The summed E-state index contributed by atoms with van der Waals surface area (Å²) in [4.78, 5) is 59.8. The number of H-pyrrole nitrogens is 1. The van der Waals surface area contributed by atoms with Crippen LogP contribution in [0.25, 0.3) is 0 Å². The Morgan fingerprint density at radius 1 is 0.925 bits per heavy atom. The molecule has 2 aromatic carbocycles. The third-order valence-corrected chi connectivity index (χ3v) is 6.13. The molecule has 11 nitrogen and oxygen atoms in total. The minimum atomic E-state index is -1.17. The maximum absolute atomic E-state index is 13.5. The van der Waals surface area contributed by atoms with E-state index in [2.05, 4.69) is 20.6 Å². The lowest BCUT2D eigenvalue weighted by atomic mass is 10.0. The van der Waals surface area contributed by atoms with E-state index in [1.807, 2.05) is 44.2 Å². The number of carboxylic acid groups (broad SMARTS) is 1. The second kappa shape index (κ2) is 14.5. The van der Waals surface area contributed by atoms with Crippen LogP contribution in [0.4, 0.5) is 10.5 Å². The third-order valence-electron chi connectivity index (χ3n) is 6.13. The molecular formula is C29H35N5O6. The van der Waals surface area contributed by atoms with Gasteiger partial charge in [-0.3, -0.25) is 14.5 Å². The van der Waals surface area contributed by atoms with Gasteiger partial charge in [0.15, 0.2) is 0 Å². The molecule has 3 rings (SSSR count). The first kappa shape index (κ1) is 29.9. The van der Waals surface area contributed by atoms with Gasteiger partial charge in [-0.15, -0.1) is 0 Å². The Hall–Kier alpha value is -4.67. The van der Waals surface area contributed by atoms with Gasteiger partial charge in [0.25, 0.3) is 0 Å². The standard InChI is InChI=1S/C29H35N5O6/c1-19(2)14-25(28(37)38)33-27(36)24(15-22-16-30-18-31-22)32-26(35)20(3)34(23-12-8-5-9-13-23)29(39)40-17-21-10-6-4-7-11-21/h4-13,16,18-20,24-25H,14-15,17H2,1-3H3,(H,30,31)(H,32,35)(H,33,36)(H,37,38)/t20-,24-,25-/m0/s1. The van der Waals surface area contributed by atoms with Gasteiger partial charge in [0, 0.05) is 18.3 Å². The molecule has 1 heterocycles. The maximum atomic E-state index is 13.5. The number of aromatic amines is 1. The molecule has 11 heteroatoms. The Balaban J connectivity index is 1.80. The van der Waals surface area contributed by atoms with Gasteiger partial charge in [-0.1, -0.05) is 62.4 Å². The van der Waals surface area contributed by atoms with Crippen molar-refractivity contribution in [2.75, 3.05) is 4.90 Å². The summed E-state index contributed by atoms with van der Waals surface area (Å²) >= 11 is 0. The number of nitrogens with one attached hydrogen (secondary N) is 3. The smallest absolute Gasteiger partial charge is 0.415 e. The fraction of sp³-hybridized carbons (Fsp3) is 0.345. The number of para-hydroxylation sites is 1. The third kappa shape index (κ3) is 8.69. The quantitative estimate of drug-likeness (QED) is 0.255. The van der Waals surface area contributed by atoms with Gasteiger partial charge in [0.05, 0.1) is 12.0 Å². The number of rotatable bonds is 13. The Kier molecular flexibility index (Phi) is 10.8. The largest absolute Gasteiger partial charge is 0.480 e. The number of hydrogen-bond donors (Lipinski definition) is 4. The molecule has 0 fully saturated rings. The summed E-state index contributed by atoms with van der Waals surface area (Å²) in [5.41, 5.74) is 1.71. The Labute approximate surface area is 232 Å². The highest BCUT2D eigenvalue weighted by Crippen LogP contribution is 2.19. The lowest BCUT2D eigenvalue weighted by molar-refractivity contribution is -0.142. The molecule has 0 saturated carbocycles. The Morgan fingerprint density at radius 2 is 1.55 bits per heavy atom. The average molecular weight is 550 g/mol. The van der Waals surface area contributed by atoms with Gasteiger partial charge in [0.1, 0.15) is 24.7 Å². The zero-order valence-corrected chi connectivity index (χ0v) is 22.7. The molecular weight excluding hydrogens is 514 g/mol. The predicted molar refractivity (Wildman–Crippen MR) is 148 cm³/mol. The van der Waals surface area contributed by atoms with Gasteiger partial charge >= 0.3 is 12.1 Å². The minimum absolute atomic E-state index is 0.00556. The fourth-order valence-corrected chi connectivity index (χ4v) is 4.06. The summed E-state index contributed by atoms with van der Waals surface area (Å²) in [5, 5.41) is 14.8. The molecule has 3 atom stereocenters. The highest BCUT2D eigenvalue weighted by molar-refractivity contribution is 5.99. The van der Waals surface area contributed by atoms with Gasteiger partial charge < -0.3 is 25.5 Å². The van der Waals surface area contributed by atoms with Crippen LogP contribution in [-0.4, -0.2) is 57.1 Å². The zero-order chi connectivity index (χ0) is 29.1. The van der Waals surface area contributed by atoms with Crippen molar-refractivity contribution in [1.29, 1.82) is 0 Å². The molecule has 0 saturated heterocycles. The molecule has 0 aliphatic rings. The van der Waals surface area contributed by atoms with Crippen molar-refractivity contribution < 1.29 is 29.0 Å². The van der Waals surface area contributed by atoms with E-state index in [0.717, 1.165) is 5.56 Å². The molecule has 0 radical (unpaired) electrons. The van der Waals surface area contributed by atoms with E-state index in [1.54, 1.807) is 36.5 Å². The van der Waals surface area contributed by atoms with Crippen molar-refractivity contribution >= 4 is 29.6 Å². The van der Waals surface area contributed by atoms with Crippen LogP contribution < -0.4 is 15.5 Å². The van der Waals surface area contributed by atoms with Gasteiger partial charge in [-0.05, 0) is 37.0 Å². The van der Waals surface area contributed by atoms with Crippen molar-refractivity contribution in [2.24, 2.45) is 5.92 Å². The van der Waals surface area contributed by atoms with E-state index in [-0.39, 0.29) is 25.4 Å². The van der Waals surface area contributed by atoms with Gasteiger partial charge in [0.2, 0.25) is 11.8 Å². The number of carboxylic acids is 1. The fourth-order valence-electron chi connectivity index (χ4n) is 4.06. The average Bonchev–Trinajstić information content (AvgIpc) is 3.45.